The fraction of sp³-hybridized carbons (Fsp3) is 0.429. The predicted octanol–water partition coefficient (Wildman–Crippen LogP) is 6.28. The molecule has 2 atom stereocenters. The van der Waals surface area contributed by atoms with Gasteiger partial charge >= 0.3 is 0 Å². The van der Waals surface area contributed by atoms with E-state index in [9.17, 15) is 9.59 Å². The second-order valence-electron chi connectivity index (χ2n) is 8.46. The van der Waals surface area contributed by atoms with Crippen LogP contribution in [0.25, 0.3) is 0 Å². The third-order valence-corrected chi connectivity index (χ3v) is 5.84. The van der Waals surface area contributed by atoms with Crippen LogP contribution in [-0.4, -0.2) is 24.8 Å². The highest BCUT2D eigenvalue weighted by atomic mass is 16.5. The molecule has 0 aliphatic carbocycles. The standard InChI is InChI=1S/C28H37NO3/c1-5-6-12-23(3)27(32-24(4)17-18-25-14-8-7-9-15-25)21-28(31)29(19-20-30)26-16-11-10-13-22(26)2/h7-11,13-16,20,23,27H,4-6,12,17-19,21H2,1-3H3. The first kappa shape index (κ1) is 25.4. The van der Waals surface area contributed by atoms with Crippen molar-refractivity contribution in [2.45, 2.75) is 65.4 Å². The van der Waals surface area contributed by atoms with Gasteiger partial charge in [-0.3, -0.25) is 4.79 Å². The molecule has 2 aromatic carbocycles. The number of benzene rings is 2. The maximum atomic E-state index is 13.3. The summed E-state index contributed by atoms with van der Waals surface area (Å²) in [6.07, 6.45) is 5.46. The first-order valence-corrected chi connectivity index (χ1v) is 11.6. The van der Waals surface area contributed by atoms with Crippen LogP contribution in [0.1, 0.15) is 57.1 Å². The molecule has 0 radical (unpaired) electrons. The molecular weight excluding hydrogens is 398 g/mol. The van der Waals surface area contributed by atoms with E-state index < -0.39 is 0 Å². The third kappa shape index (κ3) is 7.99. The molecule has 4 heteroatoms. The predicted molar refractivity (Wildman–Crippen MR) is 132 cm³/mol. The Morgan fingerprint density at radius 2 is 1.81 bits per heavy atom. The minimum absolute atomic E-state index is 0.0364. The second-order valence-corrected chi connectivity index (χ2v) is 8.46. The second kappa shape index (κ2) is 13.5. The topological polar surface area (TPSA) is 46.6 Å². The van der Waals surface area contributed by atoms with Crippen LogP contribution in [0.15, 0.2) is 66.9 Å². The fourth-order valence-electron chi connectivity index (χ4n) is 3.83. The van der Waals surface area contributed by atoms with Gasteiger partial charge in [-0.25, -0.2) is 0 Å². The number of unbranched alkanes of at least 4 members (excludes halogenated alkanes) is 1. The van der Waals surface area contributed by atoms with Crippen LogP contribution in [0.3, 0.4) is 0 Å². The minimum Gasteiger partial charge on any atom is -0.495 e. The average Bonchev–Trinajstić information content (AvgIpc) is 2.80. The molecule has 0 heterocycles. The van der Waals surface area contributed by atoms with Gasteiger partial charge in [-0.15, -0.1) is 0 Å². The molecule has 0 bridgehead atoms. The molecule has 1 amide bonds. The van der Waals surface area contributed by atoms with Gasteiger partial charge in [-0.2, -0.15) is 0 Å². The van der Waals surface area contributed by atoms with E-state index in [1.165, 1.54) is 5.56 Å². The van der Waals surface area contributed by atoms with Crippen molar-refractivity contribution in [2.24, 2.45) is 5.92 Å². The minimum atomic E-state index is -0.268. The zero-order valence-electron chi connectivity index (χ0n) is 19.8. The number of para-hydroxylation sites is 1. The van der Waals surface area contributed by atoms with Gasteiger partial charge in [0.15, 0.2) is 0 Å². The van der Waals surface area contributed by atoms with Crippen molar-refractivity contribution in [3.05, 3.63) is 78.1 Å². The van der Waals surface area contributed by atoms with E-state index >= 15 is 0 Å². The summed E-state index contributed by atoms with van der Waals surface area (Å²) in [7, 11) is 0. The van der Waals surface area contributed by atoms with Crippen molar-refractivity contribution in [3.63, 3.8) is 0 Å². The first-order chi connectivity index (χ1) is 15.5. The van der Waals surface area contributed by atoms with Gasteiger partial charge in [0.1, 0.15) is 12.4 Å². The number of amides is 1. The Kier molecular flexibility index (Phi) is 10.7. The molecule has 172 valence electrons. The monoisotopic (exact) mass is 435 g/mol. The van der Waals surface area contributed by atoms with Gasteiger partial charge in [0.2, 0.25) is 5.91 Å². The van der Waals surface area contributed by atoms with Crippen molar-refractivity contribution in [2.75, 3.05) is 11.4 Å². The number of allylic oxidation sites excluding steroid dienone is 1. The molecule has 0 saturated carbocycles. The summed E-state index contributed by atoms with van der Waals surface area (Å²) in [5.74, 6) is 0.811. The molecule has 4 nitrogen and oxygen atoms in total. The van der Waals surface area contributed by atoms with Crippen molar-refractivity contribution in [3.8, 4) is 0 Å². The van der Waals surface area contributed by atoms with Gasteiger partial charge in [0, 0.05) is 12.1 Å². The van der Waals surface area contributed by atoms with E-state index in [1.54, 1.807) is 4.90 Å². The van der Waals surface area contributed by atoms with Gasteiger partial charge in [0.05, 0.1) is 18.7 Å². The van der Waals surface area contributed by atoms with Crippen molar-refractivity contribution < 1.29 is 14.3 Å². The van der Waals surface area contributed by atoms with E-state index in [-0.39, 0.29) is 30.9 Å². The Hall–Kier alpha value is -2.88. The Morgan fingerprint density at radius 1 is 1.12 bits per heavy atom. The molecule has 0 aromatic heterocycles. The molecule has 0 aliphatic rings. The smallest absolute Gasteiger partial charge is 0.231 e. The molecule has 2 rings (SSSR count). The van der Waals surface area contributed by atoms with Crippen LogP contribution in [0.4, 0.5) is 5.69 Å². The van der Waals surface area contributed by atoms with Crippen molar-refractivity contribution in [1.82, 2.24) is 0 Å². The molecule has 0 spiro atoms. The Balaban J connectivity index is 2.10. The number of aldehydes is 1. The summed E-state index contributed by atoms with van der Waals surface area (Å²) in [5.41, 5.74) is 2.97. The van der Waals surface area contributed by atoms with Crippen LogP contribution >= 0.6 is 0 Å². The van der Waals surface area contributed by atoms with Crippen LogP contribution in [0.5, 0.6) is 0 Å². The number of anilines is 1. The maximum absolute atomic E-state index is 13.3. The summed E-state index contributed by atoms with van der Waals surface area (Å²) in [4.78, 5) is 26.2. The van der Waals surface area contributed by atoms with Crippen LogP contribution in [0.2, 0.25) is 0 Å². The van der Waals surface area contributed by atoms with Crippen LogP contribution in [0, 0.1) is 12.8 Å². The van der Waals surface area contributed by atoms with E-state index in [1.807, 2.05) is 49.4 Å². The number of hydrogen-bond donors (Lipinski definition) is 0. The van der Waals surface area contributed by atoms with Gasteiger partial charge < -0.3 is 14.4 Å². The number of nitrogens with zero attached hydrogens (tertiary/aromatic N) is 1. The highest BCUT2D eigenvalue weighted by Gasteiger charge is 2.26. The molecule has 0 aliphatic heterocycles. The Labute approximate surface area is 193 Å². The molecule has 32 heavy (non-hydrogen) atoms. The van der Waals surface area contributed by atoms with E-state index in [0.29, 0.717) is 12.2 Å². The lowest BCUT2D eigenvalue weighted by Gasteiger charge is -2.29. The molecule has 0 fully saturated rings. The zero-order valence-corrected chi connectivity index (χ0v) is 19.8. The molecule has 0 saturated heterocycles. The van der Waals surface area contributed by atoms with Crippen molar-refractivity contribution in [1.29, 1.82) is 0 Å². The first-order valence-electron chi connectivity index (χ1n) is 11.6. The summed E-state index contributed by atoms with van der Waals surface area (Å²) < 4.78 is 6.27. The quantitative estimate of drug-likeness (QED) is 0.259. The number of ether oxygens (including phenoxy) is 1. The van der Waals surface area contributed by atoms with Gasteiger partial charge in [-0.1, -0.05) is 81.8 Å². The molecule has 2 unspecified atom stereocenters. The van der Waals surface area contributed by atoms with E-state index in [2.05, 4.69) is 32.6 Å². The average molecular weight is 436 g/mol. The van der Waals surface area contributed by atoms with Crippen molar-refractivity contribution >= 4 is 17.9 Å². The van der Waals surface area contributed by atoms with Gasteiger partial charge in [0.25, 0.3) is 0 Å². The molecule has 0 N–H and O–H groups in total. The maximum Gasteiger partial charge on any atom is 0.231 e. The molecular formula is C28H37NO3. The van der Waals surface area contributed by atoms with E-state index in [0.717, 1.165) is 43.2 Å². The number of carbonyl (C=O) groups excluding carboxylic acids is 2. The summed E-state index contributed by atoms with van der Waals surface area (Å²) in [6, 6.07) is 17.9. The highest BCUT2D eigenvalue weighted by molar-refractivity contribution is 5.96. The van der Waals surface area contributed by atoms with Crippen LogP contribution in [-0.2, 0) is 20.7 Å². The zero-order chi connectivity index (χ0) is 23.3. The fourth-order valence-corrected chi connectivity index (χ4v) is 3.83. The Bertz CT molecular complexity index is 862. The lowest BCUT2D eigenvalue weighted by atomic mass is 9.95. The largest absolute Gasteiger partial charge is 0.495 e. The summed E-state index contributed by atoms with van der Waals surface area (Å²) in [5, 5.41) is 0. The van der Waals surface area contributed by atoms with Crippen LogP contribution < -0.4 is 4.90 Å². The number of hydrogen-bond acceptors (Lipinski definition) is 3. The SMILES string of the molecule is C=C(CCc1ccccc1)OC(CC(=O)N(CC=O)c1ccccc1C)C(C)CCCC. The Morgan fingerprint density at radius 3 is 2.47 bits per heavy atom. The molecule has 2 aromatic rings. The number of rotatable bonds is 14. The lowest BCUT2D eigenvalue weighted by molar-refractivity contribution is -0.122. The summed E-state index contributed by atoms with van der Waals surface area (Å²) >= 11 is 0. The summed E-state index contributed by atoms with van der Waals surface area (Å²) in [6.45, 7) is 10.4. The highest BCUT2D eigenvalue weighted by Crippen LogP contribution is 2.25. The lowest BCUT2D eigenvalue weighted by Crippen LogP contribution is -2.37. The van der Waals surface area contributed by atoms with E-state index in [4.69, 9.17) is 4.74 Å². The third-order valence-electron chi connectivity index (χ3n) is 5.84. The normalized spacial score (nSPS) is 12.6. The van der Waals surface area contributed by atoms with Gasteiger partial charge in [-0.05, 0) is 42.9 Å². The number of carbonyl (C=O) groups is 2. The number of aryl methyl sites for hydroxylation is 2.